The summed E-state index contributed by atoms with van der Waals surface area (Å²) in [5, 5.41) is 2.46. The summed E-state index contributed by atoms with van der Waals surface area (Å²) in [6, 6.07) is 14.7. The molecule has 7 heteroatoms. The molecule has 0 radical (unpaired) electrons. The van der Waals surface area contributed by atoms with E-state index >= 15 is 0 Å². The lowest BCUT2D eigenvalue weighted by Gasteiger charge is -2.35. The van der Waals surface area contributed by atoms with Crippen LogP contribution in [0.2, 0.25) is 0 Å². The van der Waals surface area contributed by atoms with Crippen LogP contribution in [0.1, 0.15) is 5.56 Å². The van der Waals surface area contributed by atoms with Crippen LogP contribution in [-0.4, -0.2) is 47.0 Å². The predicted molar refractivity (Wildman–Crippen MR) is 117 cm³/mol. The van der Waals surface area contributed by atoms with Crippen LogP contribution in [0, 0.1) is 0 Å². The summed E-state index contributed by atoms with van der Waals surface area (Å²) in [4.78, 5) is 8.11. The Morgan fingerprint density at radius 3 is 2.82 bits per heavy atom. The lowest BCUT2D eigenvalue weighted by atomic mass is 10.1. The van der Waals surface area contributed by atoms with Gasteiger partial charge in [-0.2, -0.15) is 4.37 Å². The number of hydrogen-bond donors (Lipinski definition) is 1. The van der Waals surface area contributed by atoms with Crippen molar-refractivity contribution < 1.29 is 4.29 Å². The average Bonchev–Trinajstić information content (AvgIpc) is 3.38. The molecule has 1 fully saturated rings. The standard InChI is InChI=1S/C21H21ClN4OS/c22-27-19-14-18-15(5-7-23-18)13-16(19)6-8-25-9-11-26(12-10-25)21-17-3-1-2-4-20(17)28-24-21/h1-5,7,13-14,23H,6,8-12H2. The lowest BCUT2D eigenvalue weighted by molar-refractivity contribution is 0.260. The summed E-state index contributed by atoms with van der Waals surface area (Å²) in [5.74, 6) is 1.88. The molecule has 1 saturated heterocycles. The highest BCUT2D eigenvalue weighted by Crippen LogP contribution is 2.30. The van der Waals surface area contributed by atoms with Crippen molar-refractivity contribution in [3.05, 3.63) is 54.2 Å². The zero-order chi connectivity index (χ0) is 18.9. The van der Waals surface area contributed by atoms with Crippen LogP contribution in [0.5, 0.6) is 5.75 Å². The van der Waals surface area contributed by atoms with Crippen LogP contribution in [0.15, 0.2) is 48.7 Å². The molecule has 0 aliphatic carbocycles. The van der Waals surface area contributed by atoms with E-state index in [1.165, 1.54) is 15.5 Å². The maximum absolute atomic E-state index is 5.70. The molecular formula is C21H21ClN4OS. The van der Waals surface area contributed by atoms with Gasteiger partial charge in [0, 0.05) is 55.9 Å². The number of H-pyrrole nitrogens is 1. The summed E-state index contributed by atoms with van der Waals surface area (Å²) in [5.41, 5.74) is 2.19. The fraction of sp³-hybridized carbons (Fsp3) is 0.286. The Hall–Kier alpha value is -2.28. The van der Waals surface area contributed by atoms with Gasteiger partial charge < -0.3 is 14.2 Å². The zero-order valence-corrected chi connectivity index (χ0v) is 17.0. The van der Waals surface area contributed by atoms with E-state index in [2.05, 4.69) is 51.2 Å². The molecule has 3 heterocycles. The number of nitrogens with one attached hydrogen (secondary N) is 1. The number of nitrogens with zero attached hydrogens (tertiary/aromatic N) is 3. The Balaban J connectivity index is 1.23. The zero-order valence-electron chi connectivity index (χ0n) is 15.4. The molecule has 144 valence electrons. The highest BCUT2D eigenvalue weighted by molar-refractivity contribution is 7.13. The molecule has 0 saturated carbocycles. The normalized spacial score (nSPS) is 15.5. The molecule has 5 rings (SSSR count). The van der Waals surface area contributed by atoms with Crippen molar-refractivity contribution in [3.63, 3.8) is 0 Å². The van der Waals surface area contributed by atoms with Gasteiger partial charge >= 0.3 is 0 Å². The molecule has 1 N–H and O–H groups in total. The largest absolute Gasteiger partial charge is 0.385 e. The minimum Gasteiger partial charge on any atom is -0.385 e. The highest BCUT2D eigenvalue weighted by Gasteiger charge is 2.21. The van der Waals surface area contributed by atoms with Gasteiger partial charge in [-0.15, -0.1) is 0 Å². The van der Waals surface area contributed by atoms with Crippen LogP contribution < -0.4 is 9.19 Å². The topological polar surface area (TPSA) is 44.4 Å². The fourth-order valence-corrected chi connectivity index (χ4v) is 4.90. The SMILES string of the molecule is ClOc1cc2[nH]ccc2cc1CCN1CCN(c2nsc3ccccc23)CC1. The second-order valence-electron chi connectivity index (χ2n) is 7.18. The Kier molecular flexibility index (Phi) is 4.84. The summed E-state index contributed by atoms with van der Waals surface area (Å²) < 4.78 is 11.0. The first-order valence-electron chi connectivity index (χ1n) is 9.52. The minimum atomic E-state index is 0.740. The Labute approximate surface area is 172 Å². The average molecular weight is 413 g/mol. The minimum absolute atomic E-state index is 0.740. The van der Waals surface area contributed by atoms with Gasteiger partial charge in [0.15, 0.2) is 5.75 Å². The van der Waals surface area contributed by atoms with Crippen molar-refractivity contribution in [3.8, 4) is 5.75 Å². The molecule has 0 amide bonds. The molecule has 0 unspecified atom stereocenters. The van der Waals surface area contributed by atoms with Crippen molar-refractivity contribution in [1.82, 2.24) is 14.3 Å². The highest BCUT2D eigenvalue weighted by atomic mass is 35.5. The monoisotopic (exact) mass is 412 g/mol. The Bertz CT molecular complexity index is 1100. The van der Waals surface area contributed by atoms with Crippen molar-refractivity contribution in [1.29, 1.82) is 0 Å². The second-order valence-corrected chi connectivity index (χ2v) is 8.14. The molecule has 0 spiro atoms. The van der Waals surface area contributed by atoms with E-state index in [0.29, 0.717) is 0 Å². The number of aromatic amines is 1. The predicted octanol–water partition coefficient (Wildman–Crippen LogP) is 4.67. The molecule has 4 aromatic rings. The van der Waals surface area contributed by atoms with Crippen molar-refractivity contribution in [2.45, 2.75) is 6.42 Å². The van der Waals surface area contributed by atoms with Crippen molar-refractivity contribution in [2.24, 2.45) is 0 Å². The van der Waals surface area contributed by atoms with E-state index in [-0.39, 0.29) is 0 Å². The summed E-state index contributed by atoms with van der Waals surface area (Å²) >= 11 is 7.29. The van der Waals surface area contributed by atoms with Crippen LogP contribution in [-0.2, 0) is 6.42 Å². The van der Waals surface area contributed by atoms with E-state index in [9.17, 15) is 0 Å². The van der Waals surface area contributed by atoms with Gasteiger partial charge in [0.1, 0.15) is 17.7 Å². The third kappa shape index (κ3) is 3.32. The summed E-state index contributed by atoms with van der Waals surface area (Å²) in [6.45, 7) is 5.08. The number of aromatic nitrogens is 2. The summed E-state index contributed by atoms with van der Waals surface area (Å²) in [7, 11) is 0. The molecule has 0 bridgehead atoms. The molecule has 1 aliphatic heterocycles. The smallest absolute Gasteiger partial charge is 0.151 e. The lowest BCUT2D eigenvalue weighted by Crippen LogP contribution is -2.47. The molecule has 5 nitrogen and oxygen atoms in total. The number of hydrogen-bond acceptors (Lipinski definition) is 5. The van der Waals surface area contributed by atoms with Gasteiger partial charge in [0.2, 0.25) is 0 Å². The van der Waals surface area contributed by atoms with E-state index in [4.69, 9.17) is 20.5 Å². The van der Waals surface area contributed by atoms with Crippen LogP contribution in [0.3, 0.4) is 0 Å². The molecule has 28 heavy (non-hydrogen) atoms. The number of anilines is 1. The van der Waals surface area contributed by atoms with Crippen LogP contribution >= 0.6 is 23.4 Å². The second kappa shape index (κ2) is 7.62. The molecule has 2 aromatic carbocycles. The third-order valence-electron chi connectivity index (χ3n) is 5.55. The van der Waals surface area contributed by atoms with Gasteiger partial charge in [0.05, 0.1) is 4.70 Å². The van der Waals surface area contributed by atoms with E-state index in [1.54, 1.807) is 11.5 Å². The van der Waals surface area contributed by atoms with Gasteiger partial charge in [-0.25, -0.2) is 0 Å². The molecule has 0 atom stereocenters. The maximum atomic E-state index is 5.70. The van der Waals surface area contributed by atoms with E-state index in [1.807, 2.05) is 12.3 Å². The van der Waals surface area contributed by atoms with E-state index < -0.39 is 0 Å². The van der Waals surface area contributed by atoms with Gasteiger partial charge in [-0.3, -0.25) is 4.90 Å². The Morgan fingerprint density at radius 1 is 1.11 bits per heavy atom. The quantitative estimate of drug-likeness (QED) is 0.517. The number of benzene rings is 2. The number of fused-ring (bicyclic) bond motifs is 2. The maximum Gasteiger partial charge on any atom is 0.151 e. The van der Waals surface area contributed by atoms with Gasteiger partial charge in [-0.1, -0.05) is 12.1 Å². The first-order valence-corrected chi connectivity index (χ1v) is 10.6. The molecule has 2 aromatic heterocycles. The van der Waals surface area contributed by atoms with Crippen molar-refractivity contribution >= 4 is 50.2 Å². The number of piperazine rings is 1. The number of rotatable bonds is 5. The molecule has 1 aliphatic rings. The third-order valence-corrected chi connectivity index (χ3v) is 6.53. The van der Waals surface area contributed by atoms with Crippen molar-refractivity contribution in [2.75, 3.05) is 37.6 Å². The van der Waals surface area contributed by atoms with Crippen LogP contribution in [0.4, 0.5) is 5.82 Å². The van der Waals surface area contributed by atoms with E-state index in [0.717, 1.165) is 61.8 Å². The first kappa shape index (κ1) is 17.8. The summed E-state index contributed by atoms with van der Waals surface area (Å²) in [6.07, 6.45) is 2.86. The van der Waals surface area contributed by atoms with Crippen LogP contribution in [0.25, 0.3) is 21.0 Å². The fourth-order valence-electron chi connectivity index (χ4n) is 3.96. The Morgan fingerprint density at radius 2 is 1.96 bits per heavy atom. The molecular weight excluding hydrogens is 392 g/mol. The van der Waals surface area contributed by atoms with Gasteiger partial charge in [-0.05, 0) is 53.2 Å². The van der Waals surface area contributed by atoms with Gasteiger partial charge in [0.25, 0.3) is 0 Å². The first-order chi connectivity index (χ1) is 13.8. The number of halogens is 1.